The molecule has 0 atom stereocenters. The monoisotopic (exact) mass is 238 g/mol. The molecule has 0 amide bonds. The van der Waals surface area contributed by atoms with Gasteiger partial charge >= 0.3 is 0 Å². The number of ketones is 1. The Bertz CT molecular complexity index is 452. The zero-order valence-electron chi connectivity index (χ0n) is 8.53. The fraction of sp³-hybridized carbons (Fsp3) is 0.273. The van der Waals surface area contributed by atoms with Crippen molar-refractivity contribution >= 4 is 23.1 Å². The van der Waals surface area contributed by atoms with Crippen LogP contribution < -0.4 is 5.73 Å². The molecule has 84 valence electrons. The molecule has 0 spiro atoms. The number of benzene rings is 1. The molecule has 1 aromatic carbocycles. The molecule has 0 unspecified atom stereocenters. The third kappa shape index (κ3) is 2.96. The van der Waals surface area contributed by atoms with Crippen LogP contribution in [0.5, 0.6) is 0 Å². The third-order valence-corrected chi connectivity index (χ3v) is 2.62. The molecule has 5 heteroatoms. The summed E-state index contributed by atoms with van der Waals surface area (Å²) in [6.07, 6.45) is 0.558. The number of nitrogens with zero attached hydrogens (tertiary/aromatic N) is 1. The van der Waals surface area contributed by atoms with E-state index in [0.717, 1.165) is 0 Å². The van der Waals surface area contributed by atoms with Crippen LogP contribution in [-0.4, -0.2) is 17.5 Å². The lowest BCUT2D eigenvalue weighted by Crippen LogP contribution is -2.05. The van der Waals surface area contributed by atoms with Gasteiger partial charge in [0.05, 0.1) is 22.3 Å². The molecular formula is C11H11ClN2O2. The molecule has 0 aliphatic rings. The second kappa shape index (κ2) is 5.50. The van der Waals surface area contributed by atoms with Gasteiger partial charge in [-0.1, -0.05) is 11.6 Å². The molecule has 0 bridgehead atoms. The Morgan fingerprint density at radius 3 is 2.81 bits per heavy atom. The van der Waals surface area contributed by atoms with E-state index in [-0.39, 0.29) is 12.2 Å². The van der Waals surface area contributed by atoms with Crippen LogP contribution in [-0.2, 0) is 11.2 Å². The van der Waals surface area contributed by atoms with E-state index in [1.807, 2.05) is 6.07 Å². The van der Waals surface area contributed by atoms with Crippen molar-refractivity contribution in [3.05, 3.63) is 28.3 Å². The fourth-order valence-corrected chi connectivity index (χ4v) is 1.51. The van der Waals surface area contributed by atoms with Gasteiger partial charge in [0.2, 0.25) is 0 Å². The normalized spacial score (nSPS) is 9.81. The molecule has 1 aromatic rings. The van der Waals surface area contributed by atoms with E-state index in [4.69, 9.17) is 27.7 Å². The Balaban J connectivity index is 2.91. The highest BCUT2D eigenvalue weighted by atomic mass is 35.5. The Kier molecular flexibility index (Phi) is 4.29. The SMILES string of the molecule is N#Cc1cc(N)c(Cl)c(CCC(=O)CO)c1. The maximum Gasteiger partial charge on any atom is 0.158 e. The van der Waals surface area contributed by atoms with Gasteiger partial charge in [-0.2, -0.15) is 5.26 Å². The minimum Gasteiger partial charge on any atom is -0.397 e. The molecule has 0 saturated heterocycles. The van der Waals surface area contributed by atoms with E-state index in [0.29, 0.717) is 28.3 Å². The first kappa shape index (κ1) is 12.5. The Hall–Kier alpha value is -1.57. The van der Waals surface area contributed by atoms with Crippen molar-refractivity contribution in [2.24, 2.45) is 0 Å². The van der Waals surface area contributed by atoms with Gasteiger partial charge in [-0.05, 0) is 24.1 Å². The predicted octanol–water partition coefficient (Wildman–Crippen LogP) is 1.29. The van der Waals surface area contributed by atoms with Crippen molar-refractivity contribution < 1.29 is 9.90 Å². The molecule has 0 aliphatic carbocycles. The number of anilines is 1. The molecule has 0 radical (unpaired) electrons. The summed E-state index contributed by atoms with van der Waals surface area (Å²) in [5.41, 5.74) is 7.01. The fourth-order valence-electron chi connectivity index (χ4n) is 1.31. The number of carbonyl (C=O) groups excluding carboxylic acids is 1. The first-order valence-electron chi connectivity index (χ1n) is 4.69. The third-order valence-electron chi connectivity index (χ3n) is 2.15. The smallest absolute Gasteiger partial charge is 0.158 e. The first-order valence-corrected chi connectivity index (χ1v) is 5.06. The summed E-state index contributed by atoms with van der Waals surface area (Å²) >= 11 is 5.94. The summed E-state index contributed by atoms with van der Waals surface area (Å²) in [6, 6.07) is 5.05. The molecule has 0 aromatic heterocycles. The lowest BCUT2D eigenvalue weighted by molar-refractivity contribution is -0.121. The van der Waals surface area contributed by atoms with Gasteiger partial charge < -0.3 is 10.8 Å². The number of rotatable bonds is 4. The maximum atomic E-state index is 10.9. The van der Waals surface area contributed by atoms with Gasteiger partial charge in [0.1, 0.15) is 6.61 Å². The van der Waals surface area contributed by atoms with Crippen molar-refractivity contribution in [3.63, 3.8) is 0 Å². The summed E-state index contributed by atoms with van der Waals surface area (Å²) in [7, 11) is 0. The average molecular weight is 239 g/mol. The summed E-state index contributed by atoms with van der Waals surface area (Å²) in [5.74, 6) is -0.267. The van der Waals surface area contributed by atoms with Crippen molar-refractivity contribution in [2.75, 3.05) is 12.3 Å². The van der Waals surface area contributed by atoms with E-state index in [9.17, 15) is 4.79 Å². The van der Waals surface area contributed by atoms with Crippen LogP contribution in [0.15, 0.2) is 12.1 Å². The summed E-state index contributed by atoms with van der Waals surface area (Å²) in [4.78, 5) is 10.9. The molecule has 4 nitrogen and oxygen atoms in total. The highest BCUT2D eigenvalue weighted by molar-refractivity contribution is 6.33. The number of nitrogen functional groups attached to an aromatic ring is 1. The minimum absolute atomic E-state index is 0.185. The van der Waals surface area contributed by atoms with Crippen molar-refractivity contribution in [3.8, 4) is 6.07 Å². The van der Waals surface area contributed by atoms with Crippen LogP contribution in [0.4, 0.5) is 5.69 Å². The number of aryl methyl sites for hydroxylation is 1. The maximum absolute atomic E-state index is 10.9. The molecule has 16 heavy (non-hydrogen) atoms. The standard InChI is InChI=1S/C11H11ClN2O2/c12-11-8(1-2-9(16)6-15)3-7(5-13)4-10(11)14/h3-4,15H,1-2,6,14H2. The van der Waals surface area contributed by atoms with E-state index < -0.39 is 6.61 Å². The number of halogens is 1. The second-order valence-electron chi connectivity index (χ2n) is 3.35. The van der Waals surface area contributed by atoms with Crippen LogP contribution in [0.1, 0.15) is 17.5 Å². The number of nitriles is 1. The van der Waals surface area contributed by atoms with Crippen LogP contribution >= 0.6 is 11.6 Å². The second-order valence-corrected chi connectivity index (χ2v) is 3.73. The van der Waals surface area contributed by atoms with E-state index in [1.165, 1.54) is 6.07 Å². The first-order chi connectivity index (χ1) is 7.58. The Morgan fingerprint density at radius 1 is 1.56 bits per heavy atom. The molecule has 0 fully saturated rings. The van der Waals surface area contributed by atoms with E-state index in [2.05, 4.69) is 0 Å². The van der Waals surface area contributed by atoms with Gasteiger partial charge in [-0.25, -0.2) is 0 Å². The van der Waals surface area contributed by atoms with Gasteiger partial charge in [0.15, 0.2) is 5.78 Å². The summed E-state index contributed by atoms with van der Waals surface area (Å²) in [6.45, 7) is -0.481. The van der Waals surface area contributed by atoms with Gasteiger partial charge in [-0.3, -0.25) is 4.79 Å². The topological polar surface area (TPSA) is 87.1 Å². The van der Waals surface area contributed by atoms with Crippen LogP contribution in [0, 0.1) is 11.3 Å². The Labute approximate surface area is 98.2 Å². The van der Waals surface area contributed by atoms with Crippen molar-refractivity contribution in [1.29, 1.82) is 5.26 Å². The van der Waals surface area contributed by atoms with Crippen molar-refractivity contribution in [1.82, 2.24) is 0 Å². The molecular weight excluding hydrogens is 228 g/mol. The molecule has 0 heterocycles. The zero-order valence-corrected chi connectivity index (χ0v) is 9.29. The van der Waals surface area contributed by atoms with Crippen LogP contribution in [0.2, 0.25) is 5.02 Å². The van der Waals surface area contributed by atoms with Crippen molar-refractivity contribution in [2.45, 2.75) is 12.8 Å². The van der Waals surface area contributed by atoms with Gasteiger partial charge in [0.25, 0.3) is 0 Å². The highest BCUT2D eigenvalue weighted by Crippen LogP contribution is 2.26. The number of nitrogens with two attached hydrogens (primary N) is 1. The number of hydrogen-bond donors (Lipinski definition) is 2. The number of carbonyl (C=O) groups is 1. The predicted molar refractivity (Wildman–Crippen MR) is 61.0 cm³/mol. The van der Waals surface area contributed by atoms with E-state index in [1.54, 1.807) is 6.07 Å². The lowest BCUT2D eigenvalue weighted by atomic mass is 10.0. The van der Waals surface area contributed by atoms with Gasteiger partial charge in [0, 0.05) is 6.42 Å². The molecule has 1 rings (SSSR count). The molecule has 0 saturated carbocycles. The molecule has 3 N–H and O–H groups in total. The minimum atomic E-state index is -0.481. The highest BCUT2D eigenvalue weighted by Gasteiger charge is 2.08. The van der Waals surface area contributed by atoms with E-state index >= 15 is 0 Å². The largest absolute Gasteiger partial charge is 0.397 e. The van der Waals surface area contributed by atoms with Gasteiger partial charge in [-0.15, -0.1) is 0 Å². The van der Waals surface area contributed by atoms with Crippen LogP contribution in [0.25, 0.3) is 0 Å². The Morgan fingerprint density at radius 2 is 2.25 bits per heavy atom. The van der Waals surface area contributed by atoms with Crippen LogP contribution in [0.3, 0.4) is 0 Å². The quantitative estimate of drug-likeness (QED) is 0.774. The number of aliphatic hydroxyl groups is 1. The number of aliphatic hydroxyl groups excluding tert-OH is 1. The zero-order chi connectivity index (χ0) is 12.1. The molecule has 0 aliphatic heterocycles. The summed E-state index contributed by atoms with van der Waals surface area (Å²) in [5, 5.41) is 17.7. The summed E-state index contributed by atoms with van der Waals surface area (Å²) < 4.78 is 0. The average Bonchev–Trinajstić information content (AvgIpc) is 2.30. The lowest BCUT2D eigenvalue weighted by Gasteiger charge is -2.06. The number of Topliss-reactive ketones (excluding diaryl/α,β-unsaturated/α-hetero) is 1. The number of hydrogen-bond acceptors (Lipinski definition) is 4.